The third kappa shape index (κ3) is 3.00. The summed E-state index contributed by atoms with van der Waals surface area (Å²) in [5.41, 5.74) is 9.91. The van der Waals surface area contributed by atoms with Crippen molar-refractivity contribution in [2.45, 2.75) is 39.3 Å². The van der Waals surface area contributed by atoms with Gasteiger partial charge in [0, 0.05) is 6.42 Å². The van der Waals surface area contributed by atoms with Gasteiger partial charge in [0.2, 0.25) is 0 Å². The Bertz CT molecular complexity index is 592. The Hall–Kier alpha value is -1.43. The molecular formula is C15H23N3O2. The van der Waals surface area contributed by atoms with Crippen LogP contribution in [0.25, 0.3) is 11.0 Å². The van der Waals surface area contributed by atoms with E-state index in [2.05, 4.69) is 31.0 Å². The number of aliphatic hydroxyl groups excluding tert-OH is 2. The van der Waals surface area contributed by atoms with Gasteiger partial charge >= 0.3 is 0 Å². The van der Waals surface area contributed by atoms with Gasteiger partial charge in [0.05, 0.1) is 30.3 Å². The van der Waals surface area contributed by atoms with Crippen LogP contribution in [0.5, 0.6) is 0 Å². The second kappa shape index (κ2) is 6.35. The Morgan fingerprint density at radius 1 is 1.30 bits per heavy atom. The molecule has 1 aromatic carbocycles. The van der Waals surface area contributed by atoms with Gasteiger partial charge in [0.25, 0.3) is 0 Å². The molecule has 0 aliphatic carbocycles. The molecule has 1 heterocycles. The van der Waals surface area contributed by atoms with E-state index in [-0.39, 0.29) is 6.61 Å². The van der Waals surface area contributed by atoms with E-state index in [1.165, 1.54) is 11.1 Å². The summed E-state index contributed by atoms with van der Waals surface area (Å²) in [7, 11) is 0. The standard InChI is InChI=1S/C15H23N3O2/c1-10-6-13-14(7-11(10)2)18(8-12(20)9-19)15(17-13)4-3-5-16/h6-7,12,19-20H,3-5,8-9,16H2,1-2H3. The second-order valence-corrected chi connectivity index (χ2v) is 5.29. The first kappa shape index (κ1) is 15.0. The summed E-state index contributed by atoms with van der Waals surface area (Å²) < 4.78 is 2.00. The van der Waals surface area contributed by atoms with Gasteiger partial charge in [-0.2, -0.15) is 0 Å². The molecule has 1 unspecified atom stereocenters. The molecule has 0 bridgehead atoms. The van der Waals surface area contributed by atoms with Crippen molar-refractivity contribution in [3.8, 4) is 0 Å². The lowest BCUT2D eigenvalue weighted by molar-refractivity contribution is 0.0814. The highest BCUT2D eigenvalue weighted by atomic mass is 16.3. The summed E-state index contributed by atoms with van der Waals surface area (Å²) in [6, 6.07) is 4.16. The normalized spacial score (nSPS) is 13.1. The predicted molar refractivity (Wildman–Crippen MR) is 79.7 cm³/mol. The maximum atomic E-state index is 9.74. The van der Waals surface area contributed by atoms with Gasteiger partial charge in [-0.3, -0.25) is 0 Å². The first-order chi connectivity index (χ1) is 9.56. The van der Waals surface area contributed by atoms with Crippen LogP contribution >= 0.6 is 0 Å². The van der Waals surface area contributed by atoms with E-state index in [1.807, 2.05) is 4.57 Å². The first-order valence-electron chi connectivity index (χ1n) is 7.02. The molecule has 0 amide bonds. The Morgan fingerprint density at radius 2 is 2.00 bits per heavy atom. The van der Waals surface area contributed by atoms with E-state index < -0.39 is 6.10 Å². The van der Waals surface area contributed by atoms with Crippen molar-refractivity contribution in [3.63, 3.8) is 0 Å². The van der Waals surface area contributed by atoms with E-state index >= 15 is 0 Å². The maximum Gasteiger partial charge on any atom is 0.109 e. The van der Waals surface area contributed by atoms with Crippen LogP contribution in [0.2, 0.25) is 0 Å². The molecule has 4 N–H and O–H groups in total. The van der Waals surface area contributed by atoms with Gasteiger partial charge in [0.1, 0.15) is 5.82 Å². The van der Waals surface area contributed by atoms with E-state index in [4.69, 9.17) is 10.8 Å². The van der Waals surface area contributed by atoms with E-state index in [0.29, 0.717) is 13.1 Å². The van der Waals surface area contributed by atoms with Crippen LogP contribution in [0.1, 0.15) is 23.4 Å². The molecule has 0 spiro atoms. The highest BCUT2D eigenvalue weighted by Crippen LogP contribution is 2.22. The highest BCUT2D eigenvalue weighted by molar-refractivity contribution is 5.78. The number of aliphatic hydroxyl groups is 2. The summed E-state index contributed by atoms with van der Waals surface area (Å²) in [6.07, 6.45) is 0.864. The zero-order chi connectivity index (χ0) is 14.7. The molecule has 0 aliphatic rings. The fraction of sp³-hybridized carbons (Fsp3) is 0.533. The lowest BCUT2D eigenvalue weighted by Gasteiger charge is -2.13. The van der Waals surface area contributed by atoms with Gasteiger partial charge in [-0.15, -0.1) is 0 Å². The third-order valence-electron chi connectivity index (χ3n) is 3.65. The average molecular weight is 277 g/mol. The van der Waals surface area contributed by atoms with Crippen LogP contribution in [0.3, 0.4) is 0 Å². The molecule has 110 valence electrons. The fourth-order valence-corrected chi connectivity index (χ4v) is 2.35. The fourth-order valence-electron chi connectivity index (χ4n) is 2.35. The summed E-state index contributed by atoms with van der Waals surface area (Å²) in [5, 5.41) is 18.8. The van der Waals surface area contributed by atoms with Crippen LogP contribution in [-0.2, 0) is 13.0 Å². The van der Waals surface area contributed by atoms with Crippen molar-refractivity contribution in [3.05, 3.63) is 29.1 Å². The van der Waals surface area contributed by atoms with Crippen molar-refractivity contribution in [1.29, 1.82) is 0 Å². The zero-order valence-corrected chi connectivity index (χ0v) is 12.1. The lowest BCUT2D eigenvalue weighted by atomic mass is 10.1. The number of benzene rings is 1. The van der Waals surface area contributed by atoms with Crippen LogP contribution < -0.4 is 5.73 Å². The Balaban J connectivity index is 2.49. The number of aromatic nitrogens is 2. The topological polar surface area (TPSA) is 84.3 Å². The van der Waals surface area contributed by atoms with Gasteiger partial charge in [0.15, 0.2) is 0 Å². The highest BCUT2D eigenvalue weighted by Gasteiger charge is 2.14. The molecule has 20 heavy (non-hydrogen) atoms. The lowest BCUT2D eigenvalue weighted by Crippen LogP contribution is -2.21. The summed E-state index contributed by atoms with van der Waals surface area (Å²) in [6.45, 7) is 4.85. The minimum atomic E-state index is -0.773. The number of hydrogen-bond donors (Lipinski definition) is 3. The smallest absolute Gasteiger partial charge is 0.109 e. The number of rotatable bonds is 6. The molecule has 0 radical (unpaired) electrons. The number of imidazole rings is 1. The molecular weight excluding hydrogens is 254 g/mol. The van der Waals surface area contributed by atoms with Crippen molar-refractivity contribution in [2.24, 2.45) is 5.73 Å². The number of nitrogens with zero attached hydrogens (tertiary/aromatic N) is 2. The van der Waals surface area contributed by atoms with Crippen LogP contribution in [0.4, 0.5) is 0 Å². The molecule has 0 fully saturated rings. The van der Waals surface area contributed by atoms with Crippen LogP contribution in [0, 0.1) is 13.8 Å². The summed E-state index contributed by atoms with van der Waals surface area (Å²) in [5.74, 6) is 0.919. The molecule has 1 aromatic heterocycles. The molecule has 5 heteroatoms. The number of fused-ring (bicyclic) bond motifs is 1. The average Bonchev–Trinajstić information content (AvgIpc) is 2.74. The first-order valence-corrected chi connectivity index (χ1v) is 7.02. The minimum absolute atomic E-state index is 0.249. The second-order valence-electron chi connectivity index (χ2n) is 5.29. The molecule has 2 aromatic rings. The van der Waals surface area contributed by atoms with Crippen LogP contribution in [0.15, 0.2) is 12.1 Å². The molecule has 0 aliphatic heterocycles. The van der Waals surface area contributed by atoms with E-state index in [0.717, 1.165) is 29.7 Å². The monoisotopic (exact) mass is 277 g/mol. The van der Waals surface area contributed by atoms with Crippen molar-refractivity contribution < 1.29 is 10.2 Å². The van der Waals surface area contributed by atoms with E-state index in [9.17, 15) is 5.11 Å². The molecule has 5 nitrogen and oxygen atoms in total. The summed E-state index contributed by atoms with van der Waals surface area (Å²) >= 11 is 0. The van der Waals surface area contributed by atoms with Gasteiger partial charge in [-0.25, -0.2) is 4.98 Å². The van der Waals surface area contributed by atoms with Crippen molar-refractivity contribution >= 4 is 11.0 Å². The SMILES string of the molecule is Cc1cc2nc(CCCN)n(CC(O)CO)c2cc1C. The molecule has 0 saturated carbocycles. The number of nitrogens with two attached hydrogens (primary N) is 1. The Kier molecular flexibility index (Phi) is 4.75. The maximum absolute atomic E-state index is 9.74. The molecule has 1 atom stereocenters. The van der Waals surface area contributed by atoms with Gasteiger partial charge in [-0.1, -0.05) is 0 Å². The number of aryl methyl sites for hydroxylation is 3. The van der Waals surface area contributed by atoms with E-state index in [1.54, 1.807) is 0 Å². The zero-order valence-electron chi connectivity index (χ0n) is 12.1. The van der Waals surface area contributed by atoms with Crippen molar-refractivity contribution in [2.75, 3.05) is 13.2 Å². The molecule has 0 saturated heterocycles. The number of hydrogen-bond acceptors (Lipinski definition) is 4. The third-order valence-corrected chi connectivity index (χ3v) is 3.65. The largest absolute Gasteiger partial charge is 0.394 e. The minimum Gasteiger partial charge on any atom is -0.394 e. The summed E-state index contributed by atoms with van der Waals surface area (Å²) in [4.78, 5) is 4.65. The Morgan fingerprint density at radius 3 is 2.65 bits per heavy atom. The van der Waals surface area contributed by atoms with Crippen LogP contribution in [-0.4, -0.2) is 39.0 Å². The van der Waals surface area contributed by atoms with Gasteiger partial charge < -0.3 is 20.5 Å². The Labute approximate surface area is 119 Å². The quantitative estimate of drug-likeness (QED) is 0.732. The van der Waals surface area contributed by atoms with Crippen molar-refractivity contribution in [1.82, 2.24) is 9.55 Å². The molecule has 2 rings (SSSR count). The van der Waals surface area contributed by atoms with Gasteiger partial charge in [-0.05, 0) is 50.1 Å². The predicted octanol–water partition coefficient (Wildman–Crippen LogP) is 0.898.